The predicted molar refractivity (Wildman–Crippen MR) is 67.4 cm³/mol. The van der Waals surface area contributed by atoms with Crippen LogP contribution in [-0.2, 0) is 4.79 Å². The minimum atomic E-state index is -0.0278. The number of rotatable bonds is 3. The molecule has 86 valence electrons. The number of amides is 1. The van der Waals surface area contributed by atoms with Gasteiger partial charge < -0.3 is 5.32 Å². The topological polar surface area (TPSA) is 32.3 Å². The van der Waals surface area contributed by atoms with Crippen LogP contribution in [0.5, 0.6) is 0 Å². The van der Waals surface area contributed by atoms with Gasteiger partial charge in [0.2, 0.25) is 5.91 Å². The second-order valence-corrected chi connectivity index (χ2v) is 5.10. The number of nitrogens with zero attached hydrogens (tertiary/aromatic N) is 1. The zero-order chi connectivity index (χ0) is 11.4. The molecule has 0 spiro atoms. The van der Waals surface area contributed by atoms with Crippen molar-refractivity contribution in [3.05, 3.63) is 24.3 Å². The van der Waals surface area contributed by atoms with Gasteiger partial charge in [0, 0.05) is 30.6 Å². The Labute approximate surface area is 100 Å². The lowest BCUT2D eigenvalue weighted by Gasteiger charge is -2.13. The maximum absolute atomic E-state index is 10.9. The molecule has 0 saturated carbocycles. The van der Waals surface area contributed by atoms with Crippen LogP contribution in [0.1, 0.15) is 19.8 Å². The average Bonchev–Trinajstić information content (AvgIpc) is 2.73. The van der Waals surface area contributed by atoms with E-state index in [0.29, 0.717) is 0 Å². The molecule has 16 heavy (non-hydrogen) atoms. The fourth-order valence-electron chi connectivity index (χ4n) is 1.73. The van der Waals surface area contributed by atoms with Gasteiger partial charge in [-0.2, -0.15) is 0 Å². The number of carbonyl (C=O) groups excluding carboxylic acids is 1. The molecule has 0 aliphatic carbocycles. The van der Waals surface area contributed by atoms with Crippen molar-refractivity contribution in [1.82, 2.24) is 4.31 Å². The molecular weight excluding hydrogens is 220 g/mol. The Hall–Kier alpha value is -1.00. The molecule has 1 aromatic carbocycles. The van der Waals surface area contributed by atoms with E-state index in [1.165, 1.54) is 37.8 Å². The van der Waals surface area contributed by atoms with E-state index in [-0.39, 0.29) is 5.91 Å². The van der Waals surface area contributed by atoms with Crippen LogP contribution >= 0.6 is 11.9 Å². The fraction of sp³-hybridized carbons (Fsp3) is 0.417. The van der Waals surface area contributed by atoms with Gasteiger partial charge in [0.15, 0.2) is 0 Å². The highest BCUT2D eigenvalue weighted by Crippen LogP contribution is 2.27. The van der Waals surface area contributed by atoms with Crippen LogP contribution in [0.25, 0.3) is 0 Å². The zero-order valence-corrected chi connectivity index (χ0v) is 10.2. The normalized spacial score (nSPS) is 16.3. The van der Waals surface area contributed by atoms with Crippen molar-refractivity contribution >= 4 is 23.5 Å². The number of benzene rings is 1. The number of nitrogens with one attached hydrogen (secondary N) is 1. The molecule has 0 atom stereocenters. The summed E-state index contributed by atoms with van der Waals surface area (Å²) in [6, 6.07) is 7.99. The van der Waals surface area contributed by atoms with E-state index in [4.69, 9.17) is 0 Å². The third-order valence-electron chi connectivity index (χ3n) is 2.47. The maximum atomic E-state index is 10.9. The summed E-state index contributed by atoms with van der Waals surface area (Å²) in [4.78, 5) is 12.1. The average molecular weight is 236 g/mol. The van der Waals surface area contributed by atoms with E-state index >= 15 is 0 Å². The van der Waals surface area contributed by atoms with Gasteiger partial charge in [-0.15, -0.1) is 0 Å². The molecule has 1 aromatic rings. The quantitative estimate of drug-likeness (QED) is 0.819. The van der Waals surface area contributed by atoms with Crippen LogP contribution < -0.4 is 5.32 Å². The van der Waals surface area contributed by atoms with Crippen molar-refractivity contribution in [1.29, 1.82) is 0 Å². The molecular formula is C12H16N2OS. The first-order valence-corrected chi connectivity index (χ1v) is 6.32. The smallest absolute Gasteiger partial charge is 0.221 e. The molecule has 1 saturated heterocycles. The molecule has 1 N–H and O–H groups in total. The van der Waals surface area contributed by atoms with Crippen LogP contribution in [0, 0.1) is 0 Å². The Morgan fingerprint density at radius 3 is 2.44 bits per heavy atom. The number of hydrogen-bond acceptors (Lipinski definition) is 3. The summed E-state index contributed by atoms with van der Waals surface area (Å²) >= 11 is 1.80. The summed E-state index contributed by atoms with van der Waals surface area (Å²) in [5, 5.41) is 2.76. The Morgan fingerprint density at radius 2 is 1.88 bits per heavy atom. The summed E-state index contributed by atoms with van der Waals surface area (Å²) in [7, 11) is 0. The summed E-state index contributed by atoms with van der Waals surface area (Å²) in [5.41, 5.74) is 0.860. The molecule has 0 unspecified atom stereocenters. The van der Waals surface area contributed by atoms with Crippen molar-refractivity contribution in [2.24, 2.45) is 0 Å². The van der Waals surface area contributed by atoms with Gasteiger partial charge in [-0.25, -0.2) is 4.31 Å². The number of carbonyl (C=O) groups is 1. The van der Waals surface area contributed by atoms with Crippen molar-refractivity contribution in [2.45, 2.75) is 24.7 Å². The molecule has 4 heteroatoms. The lowest BCUT2D eigenvalue weighted by atomic mass is 10.3. The largest absolute Gasteiger partial charge is 0.326 e. The van der Waals surface area contributed by atoms with E-state index in [2.05, 4.69) is 9.62 Å². The molecule has 0 aromatic heterocycles. The van der Waals surface area contributed by atoms with Gasteiger partial charge in [-0.3, -0.25) is 4.79 Å². The Bertz CT molecular complexity index is 358. The molecule has 1 heterocycles. The van der Waals surface area contributed by atoms with Gasteiger partial charge in [-0.1, -0.05) is 0 Å². The molecule has 1 aliphatic heterocycles. The fourth-order valence-corrected chi connectivity index (χ4v) is 2.73. The van der Waals surface area contributed by atoms with Crippen LogP contribution in [-0.4, -0.2) is 23.3 Å². The van der Waals surface area contributed by atoms with E-state index in [9.17, 15) is 4.79 Å². The van der Waals surface area contributed by atoms with Crippen LogP contribution in [0.4, 0.5) is 5.69 Å². The van der Waals surface area contributed by atoms with Gasteiger partial charge in [-0.05, 0) is 49.1 Å². The molecule has 1 aliphatic rings. The van der Waals surface area contributed by atoms with E-state index < -0.39 is 0 Å². The van der Waals surface area contributed by atoms with E-state index in [1.54, 1.807) is 11.9 Å². The standard InChI is InChI=1S/C12H16N2OS/c1-10(15)13-11-4-6-12(7-5-11)16-14-8-2-3-9-14/h4-7H,2-3,8-9H2,1H3,(H,13,15). The van der Waals surface area contributed by atoms with Gasteiger partial charge in [0.1, 0.15) is 0 Å². The SMILES string of the molecule is CC(=O)Nc1ccc(SN2CCCC2)cc1. The van der Waals surface area contributed by atoms with Crippen molar-refractivity contribution in [2.75, 3.05) is 18.4 Å². The summed E-state index contributed by atoms with van der Waals surface area (Å²) in [6.07, 6.45) is 2.61. The summed E-state index contributed by atoms with van der Waals surface area (Å²) < 4.78 is 2.38. The zero-order valence-electron chi connectivity index (χ0n) is 9.40. The molecule has 1 fully saturated rings. The molecule has 1 amide bonds. The van der Waals surface area contributed by atoms with E-state index in [1.807, 2.05) is 24.3 Å². The Morgan fingerprint density at radius 1 is 1.25 bits per heavy atom. The third-order valence-corrected chi connectivity index (χ3v) is 3.58. The highest BCUT2D eigenvalue weighted by molar-refractivity contribution is 7.97. The van der Waals surface area contributed by atoms with Crippen LogP contribution in [0.15, 0.2) is 29.2 Å². The summed E-state index contributed by atoms with van der Waals surface area (Å²) in [5.74, 6) is -0.0278. The first kappa shape index (κ1) is 11.5. The lowest BCUT2D eigenvalue weighted by Crippen LogP contribution is -2.08. The lowest BCUT2D eigenvalue weighted by molar-refractivity contribution is -0.114. The van der Waals surface area contributed by atoms with Crippen molar-refractivity contribution < 1.29 is 4.79 Å². The number of hydrogen-bond donors (Lipinski definition) is 1. The van der Waals surface area contributed by atoms with Crippen molar-refractivity contribution in [3.8, 4) is 0 Å². The second-order valence-electron chi connectivity index (χ2n) is 3.93. The minimum Gasteiger partial charge on any atom is -0.326 e. The highest BCUT2D eigenvalue weighted by Gasteiger charge is 2.12. The van der Waals surface area contributed by atoms with Gasteiger partial charge >= 0.3 is 0 Å². The second kappa shape index (κ2) is 5.37. The van der Waals surface area contributed by atoms with Crippen molar-refractivity contribution in [3.63, 3.8) is 0 Å². The summed E-state index contributed by atoms with van der Waals surface area (Å²) in [6.45, 7) is 3.88. The molecule has 0 radical (unpaired) electrons. The maximum Gasteiger partial charge on any atom is 0.221 e. The first-order valence-electron chi connectivity index (χ1n) is 5.54. The van der Waals surface area contributed by atoms with E-state index in [0.717, 1.165) is 5.69 Å². The monoisotopic (exact) mass is 236 g/mol. The minimum absolute atomic E-state index is 0.0278. The van der Waals surface area contributed by atoms with Gasteiger partial charge in [0.25, 0.3) is 0 Å². The molecule has 2 rings (SSSR count). The first-order chi connectivity index (χ1) is 7.74. The predicted octanol–water partition coefficient (Wildman–Crippen LogP) is 2.75. The Kier molecular flexibility index (Phi) is 3.85. The van der Waals surface area contributed by atoms with Crippen LogP contribution in [0.2, 0.25) is 0 Å². The highest BCUT2D eigenvalue weighted by atomic mass is 32.2. The van der Waals surface area contributed by atoms with Crippen LogP contribution in [0.3, 0.4) is 0 Å². The molecule has 3 nitrogen and oxygen atoms in total. The Balaban J connectivity index is 1.93. The number of anilines is 1. The van der Waals surface area contributed by atoms with Gasteiger partial charge in [0.05, 0.1) is 0 Å². The molecule has 0 bridgehead atoms. The third kappa shape index (κ3) is 3.25.